The van der Waals surface area contributed by atoms with Crippen LogP contribution in [0.25, 0.3) is 0 Å². The number of hydrogen-bond donors (Lipinski definition) is 0. The van der Waals surface area contributed by atoms with E-state index in [-0.39, 0.29) is 0 Å². The summed E-state index contributed by atoms with van der Waals surface area (Å²) < 4.78 is 5.50. The van der Waals surface area contributed by atoms with Crippen LogP contribution in [0.5, 0.6) is 0 Å². The fourth-order valence-electron chi connectivity index (χ4n) is 1.51. The molecule has 0 aromatic heterocycles. The lowest BCUT2D eigenvalue weighted by Crippen LogP contribution is -2.27. The van der Waals surface area contributed by atoms with Crippen LogP contribution >= 0.6 is 0 Å². The van der Waals surface area contributed by atoms with E-state index < -0.39 is 8.32 Å². The van der Waals surface area contributed by atoms with Crippen LogP contribution in [-0.2, 0) is 4.43 Å². The summed E-state index contributed by atoms with van der Waals surface area (Å²) >= 11 is 0. The molecule has 1 nitrogen and oxygen atoms in total. The summed E-state index contributed by atoms with van der Waals surface area (Å²) in [5, 5.41) is 0. The quantitative estimate of drug-likeness (QED) is 0.611. The summed E-state index contributed by atoms with van der Waals surface area (Å²) in [5.41, 5.74) is 1.51. The van der Waals surface area contributed by atoms with Crippen LogP contribution in [0, 0.1) is 0 Å². The van der Waals surface area contributed by atoms with E-state index in [0.29, 0.717) is 0 Å². The molecule has 0 atom stereocenters. The minimum atomic E-state index is -1.30. The molecule has 2 heteroatoms. The second kappa shape index (κ2) is 4.77. The first-order chi connectivity index (χ1) is 6.14. The molecule has 0 fully saturated rings. The number of hydrogen-bond acceptors (Lipinski definition) is 1. The standard InChI is InChI=1S/C11H20OSi/c1-12-13(2,3)10-6-9-11-7-4-5-8-11/h4,7-8H,5-6,9-10H2,1-3H3. The second-order valence-corrected chi connectivity index (χ2v) is 8.66. The Bertz CT molecular complexity index is 216. The predicted molar refractivity (Wildman–Crippen MR) is 60.4 cm³/mol. The van der Waals surface area contributed by atoms with Crippen molar-refractivity contribution >= 4 is 8.32 Å². The third kappa shape index (κ3) is 3.92. The summed E-state index contributed by atoms with van der Waals surface area (Å²) in [5.74, 6) is 0. The summed E-state index contributed by atoms with van der Waals surface area (Å²) in [4.78, 5) is 0. The van der Waals surface area contributed by atoms with E-state index in [4.69, 9.17) is 4.43 Å². The van der Waals surface area contributed by atoms with Crippen LogP contribution in [0.4, 0.5) is 0 Å². The largest absolute Gasteiger partial charge is 0.420 e. The minimum absolute atomic E-state index is 1.14. The van der Waals surface area contributed by atoms with Crippen molar-refractivity contribution in [1.29, 1.82) is 0 Å². The van der Waals surface area contributed by atoms with Crippen molar-refractivity contribution in [2.75, 3.05) is 7.11 Å². The molecule has 0 N–H and O–H groups in total. The van der Waals surface area contributed by atoms with Gasteiger partial charge >= 0.3 is 0 Å². The first-order valence-corrected chi connectivity index (χ1v) is 8.16. The first kappa shape index (κ1) is 10.7. The van der Waals surface area contributed by atoms with Crippen molar-refractivity contribution in [2.24, 2.45) is 0 Å². The van der Waals surface area contributed by atoms with Gasteiger partial charge in [-0.25, -0.2) is 0 Å². The zero-order valence-electron chi connectivity index (χ0n) is 8.97. The van der Waals surface area contributed by atoms with Gasteiger partial charge in [0.15, 0.2) is 8.32 Å². The number of rotatable bonds is 5. The van der Waals surface area contributed by atoms with E-state index in [1.807, 2.05) is 7.11 Å². The van der Waals surface area contributed by atoms with Gasteiger partial charge in [-0.05, 0) is 38.4 Å². The van der Waals surface area contributed by atoms with E-state index in [9.17, 15) is 0 Å². The van der Waals surface area contributed by atoms with Crippen LogP contribution in [0.3, 0.4) is 0 Å². The summed E-state index contributed by atoms with van der Waals surface area (Å²) in [7, 11) is 0.548. The van der Waals surface area contributed by atoms with Crippen molar-refractivity contribution in [1.82, 2.24) is 0 Å². The SMILES string of the molecule is CO[Si](C)(C)CCCC1=CCC=C1. The maximum Gasteiger partial charge on any atom is 0.186 e. The minimum Gasteiger partial charge on any atom is -0.420 e. The highest BCUT2D eigenvalue weighted by molar-refractivity contribution is 6.71. The normalized spacial score (nSPS) is 16.4. The summed E-state index contributed by atoms with van der Waals surface area (Å²) in [6.45, 7) is 4.57. The summed E-state index contributed by atoms with van der Waals surface area (Å²) in [6.07, 6.45) is 10.5. The fraction of sp³-hybridized carbons (Fsp3) is 0.636. The highest BCUT2D eigenvalue weighted by atomic mass is 28.4. The van der Waals surface area contributed by atoms with Crippen molar-refractivity contribution in [3.05, 3.63) is 23.8 Å². The lowest BCUT2D eigenvalue weighted by Gasteiger charge is -2.19. The summed E-state index contributed by atoms with van der Waals surface area (Å²) in [6, 6.07) is 1.27. The lowest BCUT2D eigenvalue weighted by atomic mass is 10.2. The molecule has 0 aromatic carbocycles. The zero-order chi connectivity index (χ0) is 9.73. The highest BCUT2D eigenvalue weighted by Crippen LogP contribution is 2.20. The maximum absolute atomic E-state index is 5.50. The molecule has 0 spiro atoms. The van der Waals surface area contributed by atoms with Crippen molar-refractivity contribution in [3.63, 3.8) is 0 Å². The Morgan fingerprint density at radius 1 is 1.46 bits per heavy atom. The Hall–Kier alpha value is -0.343. The molecule has 0 aromatic rings. The molecule has 1 aliphatic rings. The van der Waals surface area contributed by atoms with Crippen LogP contribution in [0.15, 0.2) is 23.8 Å². The van der Waals surface area contributed by atoms with Crippen LogP contribution in [0.2, 0.25) is 19.1 Å². The third-order valence-electron chi connectivity index (χ3n) is 2.64. The van der Waals surface area contributed by atoms with Crippen molar-refractivity contribution < 1.29 is 4.43 Å². The Morgan fingerprint density at radius 3 is 2.77 bits per heavy atom. The predicted octanol–water partition coefficient (Wildman–Crippen LogP) is 3.50. The molecule has 0 saturated carbocycles. The molecule has 0 heterocycles. The Kier molecular flexibility index (Phi) is 3.94. The Balaban J connectivity index is 2.17. The van der Waals surface area contributed by atoms with Gasteiger partial charge in [0.05, 0.1) is 0 Å². The molecule has 0 radical (unpaired) electrons. The van der Waals surface area contributed by atoms with Gasteiger partial charge in [-0.15, -0.1) is 0 Å². The van der Waals surface area contributed by atoms with Crippen LogP contribution in [-0.4, -0.2) is 15.4 Å². The molecule has 74 valence electrons. The van der Waals surface area contributed by atoms with Gasteiger partial charge in [0.2, 0.25) is 0 Å². The smallest absolute Gasteiger partial charge is 0.186 e. The topological polar surface area (TPSA) is 9.23 Å². The molecule has 0 saturated heterocycles. The van der Waals surface area contributed by atoms with Crippen LogP contribution in [0.1, 0.15) is 19.3 Å². The molecule has 0 bridgehead atoms. The maximum atomic E-state index is 5.50. The van der Waals surface area contributed by atoms with Crippen LogP contribution < -0.4 is 0 Å². The van der Waals surface area contributed by atoms with Gasteiger partial charge in [0, 0.05) is 7.11 Å². The van der Waals surface area contributed by atoms with E-state index in [0.717, 1.165) is 6.42 Å². The van der Waals surface area contributed by atoms with E-state index in [2.05, 4.69) is 31.3 Å². The Morgan fingerprint density at radius 2 is 2.23 bits per heavy atom. The van der Waals surface area contributed by atoms with E-state index in [1.165, 1.54) is 24.5 Å². The second-order valence-electron chi connectivity index (χ2n) is 4.23. The Labute approximate surface area is 82.6 Å². The van der Waals surface area contributed by atoms with Gasteiger partial charge in [-0.3, -0.25) is 0 Å². The van der Waals surface area contributed by atoms with Gasteiger partial charge in [0.25, 0.3) is 0 Å². The zero-order valence-corrected chi connectivity index (χ0v) is 9.97. The van der Waals surface area contributed by atoms with Gasteiger partial charge < -0.3 is 4.43 Å². The molecule has 0 amide bonds. The average Bonchev–Trinajstić information content (AvgIpc) is 2.57. The molecular formula is C11H20OSi. The fourth-order valence-corrected chi connectivity index (χ4v) is 2.74. The molecule has 0 unspecified atom stereocenters. The molecule has 13 heavy (non-hydrogen) atoms. The van der Waals surface area contributed by atoms with E-state index in [1.54, 1.807) is 0 Å². The van der Waals surface area contributed by atoms with Gasteiger partial charge in [-0.2, -0.15) is 0 Å². The third-order valence-corrected chi connectivity index (χ3v) is 5.31. The van der Waals surface area contributed by atoms with E-state index >= 15 is 0 Å². The number of allylic oxidation sites excluding steroid dienone is 4. The van der Waals surface area contributed by atoms with Crippen molar-refractivity contribution in [3.8, 4) is 0 Å². The highest BCUT2D eigenvalue weighted by Gasteiger charge is 2.19. The average molecular weight is 196 g/mol. The molecule has 1 rings (SSSR count). The van der Waals surface area contributed by atoms with Gasteiger partial charge in [0.1, 0.15) is 0 Å². The van der Waals surface area contributed by atoms with Crippen molar-refractivity contribution in [2.45, 2.75) is 38.4 Å². The molecule has 0 aliphatic heterocycles. The monoisotopic (exact) mass is 196 g/mol. The van der Waals surface area contributed by atoms with Gasteiger partial charge in [-0.1, -0.05) is 23.8 Å². The first-order valence-electron chi connectivity index (χ1n) is 5.05. The molecular weight excluding hydrogens is 176 g/mol. The lowest BCUT2D eigenvalue weighted by molar-refractivity contribution is 0.402. The molecule has 1 aliphatic carbocycles.